The summed E-state index contributed by atoms with van der Waals surface area (Å²) in [5.41, 5.74) is 0.878. The van der Waals surface area contributed by atoms with E-state index in [0.29, 0.717) is 57.8 Å². The Morgan fingerprint density at radius 3 is 2.52 bits per heavy atom. The molecule has 0 radical (unpaired) electrons. The van der Waals surface area contributed by atoms with Gasteiger partial charge < -0.3 is 20.1 Å². The Hall–Kier alpha value is -2.17. The summed E-state index contributed by atoms with van der Waals surface area (Å²) < 4.78 is 28.6. The molecule has 27 heavy (non-hydrogen) atoms. The third-order valence-electron chi connectivity index (χ3n) is 4.25. The Bertz CT molecular complexity index is 775. The number of nitrogens with two attached hydrogens (primary N) is 1. The molecule has 4 N–H and O–H groups in total. The molecule has 0 spiro atoms. The molecule has 10 heteroatoms. The molecule has 1 aliphatic heterocycles. The van der Waals surface area contributed by atoms with Gasteiger partial charge >= 0.3 is 5.97 Å². The van der Waals surface area contributed by atoms with E-state index in [9.17, 15) is 18.0 Å². The molecule has 2 rings (SSSR count). The van der Waals surface area contributed by atoms with Crippen molar-refractivity contribution in [1.82, 2.24) is 5.32 Å². The van der Waals surface area contributed by atoms with E-state index < -0.39 is 16.0 Å². The number of ether oxygens (including phenoxy) is 1. The number of rotatable bonds is 9. The monoisotopic (exact) mass is 399 g/mol. The van der Waals surface area contributed by atoms with Crippen LogP contribution < -0.4 is 15.4 Å². The molecule has 1 saturated heterocycles. The molecule has 1 aromatic rings. The Morgan fingerprint density at radius 1 is 1.19 bits per heavy atom. The average molecular weight is 399 g/mol. The fourth-order valence-electron chi connectivity index (χ4n) is 2.83. The molecule has 0 saturated carbocycles. The minimum Gasteiger partial charge on any atom is -0.481 e. The summed E-state index contributed by atoms with van der Waals surface area (Å²) in [4.78, 5) is 25.0. The molecular weight excluding hydrogens is 374 g/mol. The maximum atomic E-state index is 12.6. The summed E-state index contributed by atoms with van der Waals surface area (Å²) in [6, 6.07) is 4.27. The number of unbranched alkanes of at least 4 members (excludes halogenated alkanes) is 2. The van der Waals surface area contributed by atoms with Gasteiger partial charge in [0.15, 0.2) is 0 Å². The van der Waals surface area contributed by atoms with Crippen molar-refractivity contribution in [3.63, 3.8) is 0 Å². The second kappa shape index (κ2) is 9.67. The number of anilines is 1. The van der Waals surface area contributed by atoms with Gasteiger partial charge in [0.1, 0.15) is 0 Å². The van der Waals surface area contributed by atoms with E-state index in [0.717, 1.165) is 0 Å². The van der Waals surface area contributed by atoms with Crippen LogP contribution in [0, 0.1) is 0 Å². The molecule has 1 aliphatic rings. The minimum atomic E-state index is -3.93. The number of amides is 1. The lowest BCUT2D eigenvalue weighted by Gasteiger charge is -2.30. The van der Waals surface area contributed by atoms with E-state index in [1.807, 2.05) is 4.90 Å². The lowest BCUT2D eigenvalue weighted by Crippen LogP contribution is -2.38. The number of aliphatic carboxylic acids is 1. The lowest BCUT2D eigenvalue weighted by molar-refractivity contribution is -0.137. The highest BCUT2D eigenvalue weighted by molar-refractivity contribution is 7.89. The Kier molecular flexibility index (Phi) is 7.57. The number of carbonyl (C=O) groups excluding carboxylic acids is 1. The number of sulfonamides is 1. The van der Waals surface area contributed by atoms with Crippen LogP contribution in [0.1, 0.15) is 36.0 Å². The number of benzene rings is 1. The Labute approximate surface area is 158 Å². The van der Waals surface area contributed by atoms with Crippen LogP contribution in [0.25, 0.3) is 0 Å². The van der Waals surface area contributed by atoms with Crippen molar-refractivity contribution in [2.24, 2.45) is 5.14 Å². The number of primary sulfonamides is 1. The second-order valence-corrected chi connectivity index (χ2v) is 7.85. The lowest BCUT2D eigenvalue weighted by atomic mass is 10.1. The first-order valence-electron chi connectivity index (χ1n) is 8.78. The van der Waals surface area contributed by atoms with Gasteiger partial charge in [0.25, 0.3) is 5.91 Å². The van der Waals surface area contributed by atoms with Crippen molar-refractivity contribution < 1.29 is 27.9 Å². The number of carbonyl (C=O) groups is 2. The normalized spacial score (nSPS) is 14.8. The van der Waals surface area contributed by atoms with E-state index in [2.05, 4.69) is 5.32 Å². The minimum absolute atomic E-state index is 0.103. The van der Waals surface area contributed by atoms with Crippen LogP contribution >= 0.6 is 0 Å². The number of hydrogen-bond donors (Lipinski definition) is 3. The van der Waals surface area contributed by atoms with Crippen LogP contribution in [0.3, 0.4) is 0 Å². The molecule has 1 amide bonds. The number of nitrogens with zero attached hydrogens (tertiary/aromatic N) is 1. The molecule has 9 nitrogen and oxygen atoms in total. The highest BCUT2D eigenvalue weighted by Gasteiger charge is 2.21. The predicted molar refractivity (Wildman–Crippen MR) is 99.3 cm³/mol. The molecule has 0 unspecified atom stereocenters. The van der Waals surface area contributed by atoms with E-state index in [4.69, 9.17) is 15.0 Å². The van der Waals surface area contributed by atoms with Crippen molar-refractivity contribution in [2.45, 2.75) is 30.6 Å². The van der Waals surface area contributed by atoms with E-state index in [1.54, 1.807) is 6.07 Å². The van der Waals surface area contributed by atoms with E-state index in [1.165, 1.54) is 12.1 Å². The largest absolute Gasteiger partial charge is 0.481 e. The number of carboxylic acids is 1. The van der Waals surface area contributed by atoms with Crippen LogP contribution in [0.2, 0.25) is 0 Å². The first-order chi connectivity index (χ1) is 12.8. The first kappa shape index (κ1) is 21.1. The van der Waals surface area contributed by atoms with Gasteiger partial charge in [-0.15, -0.1) is 0 Å². The van der Waals surface area contributed by atoms with Crippen LogP contribution in [0.4, 0.5) is 5.69 Å². The van der Waals surface area contributed by atoms with Gasteiger partial charge in [-0.25, -0.2) is 13.6 Å². The van der Waals surface area contributed by atoms with E-state index >= 15 is 0 Å². The maximum absolute atomic E-state index is 12.6. The second-order valence-electron chi connectivity index (χ2n) is 6.28. The van der Waals surface area contributed by atoms with Gasteiger partial charge in [-0.2, -0.15) is 0 Å². The SMILES string of the molecule is NS(=O)(=O)c1ccc(N2CCOCC2)c(C(=O)NCCCCCC(=O)O)c1. The topological polar surface area (TPSA) is 139 Å². The highest BCUT2D eigenvalue weighted by atomic mass is 32.2. The van der Waals surface area contributed by atoms with Crippen LogP contribution in [-0.4, -0.2) is 58.2 Å². The molecule has 1 aromatic carbocycles. The van der Waals surface area contributed by atoms with Crippen LogP contribution in [0.15, 0.2) is 23.1 Å². The zero-order valence-corrected chi connectivity index (χ0v) is 15.8. The van der Waals surface area contributed by atoms with Gasteiger partial charge in [-0.3, -0.25) is 9.59 Å². The number of nitrogens with one attached hydrogen (secondary N) is 1. The third-order valence-corrected chi connectivity index (χ3v) is 5.16. The van der Waals surface area contributed by atoms with Gasteiger partial charge in [0.2, 0.25) is 10.0 Å². The molecule has 0 aliphatic carbocycles. The summed E-state index contributed by atoms with van der Waals surface area (Å²) in [6.45, 7) is 2.64. The Balaban J connectivity index is 2.08. The smallest absolute Gasteiger partial charge is 0.303 e. The van der Waals surface area contributed by atoms with Gasteiger partial charge in [-0.05, 0) is 31.0 Å². The van der Waals surface area contributed by atoms with Crippen molar-refractivity contribution in [3.05, 3.63) is 23.8 Å². The fourth-order valence-corrected chi connectivity index (χ4v) is 3.37. The predicted octanol–water partition coefficient (Wildman–Crippen LogP) is 0.545. The number of hydrogen-bond acceptors (Lipinski definition) is 6. The van der Waals surface area contributed by atoms with Crippen molar-refractivity contribution in [3.8, 4) is 0 Å². The summed E-state index contributed by atoms with van der Waals surface area (Å²) >= 11 is 0. The van der Waals surface area contributed by atoms with Crippen LogP contribution in [-0.2, 0) is 19.6 Å². The highest BCUT2D eigenvalue weighted by Crippen LogP contribution is 2.25. The van der Waals surface area contributed by atoms with Crippen molar-refractivity contribution >= 4 is 27.6 Å². The van der Waals surface area contributed by atoms with Gasteiger partial charge in [0.05, 0.1) is 23.7 Å². The summed E-state index contributed by atoms with van der Waals surface area (Å²) in [5.74, 6) is -1.23. The van der Waals surface area contributed by atoms with Gasteiger partial charge in [0, 0.05) is 31.7 Å². The molecule has 0 aromatic heterocycles. The van der Waals surface area contributed by atoms with Gasteiger partial charge in [-0.1, -0.05) is 6.42 Å². The number of morpholine rings is 1. The third kappa shape index (κ3) is 6.49. The van der Waals surface area contributed by atoms with E-state index in [-0.39, 0.29) is 22.8 Å². The maximum Gasteiger partial charge on any atom is 0.303 e. The summed E-state index contributed by atoms with van der Waals surface area (Å²) in [7, 11) is -3.93. The number of carboxylic acid groups (broad SMARTS) is 1. The molecule has 150 valence electrons. The van der Waals surface area contributed by atoms with Crippen molar-refractivity contribution in [1.29, 1.82) is 0 Å². The Morgan fingerprint density at radius 2 is 1.89 bits per heavy atom. The fraction of sp³-hybridized carbons (Fsp3) is 0.529. The molecule has 1 fully saturated rings. The zero-order chi connectivity index (χ0) is 19.9. The van der Waals surface area contributed by atoms with Crippen molar-refractivity contribution in [2.75, 3.05) is 37.7 Å². The molecular formula is C17H25N3O6S. The summed E-state index contributed by atoms with van der Waals surface area (Å²) in [6.07, 6.45) is 1.97. The first-order valence-corrected chi connectivity index (χ1v) is 10.3. The van der Waals surface area contributed by atoms with Crippen LogP contribution in [0.5, 0.6) is 0 Å². The molecule has 0 bridgehead atoms. The quantitative estimate of drug-likeness (QED) is 0.515. The standard InChI is InChI=1S/C17H25N3O6S/c18-27(24,25)13-5-6-15(20-8-10-26-11-9-20)14(12-13)17(23)19-7-3-1-2-4-16(21)22/h5-6,12H,1-4,7-11H2,(H,19,23)(H,21,22)(H2,18,24,25). The summed E-state index contributed by atoms with van der Waals surface area (Å²) in [5, 5.41) is 16.6. The average Bonchev–Trinajstić information content (AvgIpc) is 2.63. The zero-order valence-electron chi connectivity index (χ0n) is 15.0. The molecule has 0 atom stereocenters. The molecule has 1 heterocycles.